The zero-order chi connectivity index (χ0) is 26.8. The smallest absolute Gasteiger partial charge is 0.311 e. The van der Waals surface area contributed by atoms with Gasteiger partial charge in [-0.05, 0) is 70.5 Å². The van der Waals surface area contributed by atoms with Crippen LogP contribution in [0.5, 0.6) is 0 Å². The van der Waals surface area contributed by atoms with Gasteiger partial charge in [0.25, 0.3) is 0 Å². The van der Waals surface area contributed by atoms with Gasteiger partial charge in [0.1, 0.15) is 0 Å². The minimum Gasteiger partial charge on any atom is -0.469 e. The minimum absolute atomic E-state index is 0.0143. The van der Waals surface area contributed by atoms with Crippen LogP contribution in [0.3, 0.4) is 0 Å². The van der Waals surface area contributed by atoms with E-state index in [4.69, 9.17) is 9.16 Å². The van der Waals surface area contributed by atoms with Gasteiger partial charge in [-0.15, -0.1) is 0 Å². The van der Waals surface area contributed by atoms with Gasteiger partial charge in [-0.25, -0.2) is 0 Å². The van der Waals surface area contributed by atoms with Gasteiger partial charge in [-0.2, -0.15) is 0 Å². The van der Waals surface area contributed by atoms with Gasteiger partial charge in [0, 0.05) is 0 Å². The Morgan fingerprint density at radius 3 is 1.86 bits per heavy atom. The van der Waals surface area contributed by atoms with Gasteiger partial charge in [0.15, 0.2) is 8.32 Å². The van der Waals surface area contributed by atoms with Crippen LogP contribution in [0.4, 0.5) is 0 Å². The van der Waals surface area contributed by atoms with Crippen molar-refractivity contribution in [3.8, 4) is 0 Å². The number of hydrogen-bond acceptors (Lipinski definition) is 3. The lowest BCUT2D eigenvalue weighted by Crippen LogP contribution is -2.43. The molecule has 0 heterocycles. The fourth-order valence-corrected chi connectivity index (χ4v) is 4.20. The van der Waals surface area contributed by atoms with Crippen molar-refractivity contribution in [1.29, 1.82) is 0 Å². The highest BCUT2D eigenvalue weighted by molar-refractivity contribution is 6.74. The summed E-state index contributed by atoms with van der Waals surface area (Å²) < 4.78 is 11.6. The topological polar surface area (TPSA) is 35.5 Å². The van der Waals surface area contributed by atoms with E-state index in [0.717, 1.165) is 32.1 Å². The van der Waals surface area contributed by atoms with E-state index in [-0.39, 0.29) is 17.1 Å². The van der Waals surface area contributed by atoms with Crippen LogP contribution in [-0.2, 0) is 14.0 Å². The first-order chi connectivity index (χ1) is 16.4. The molecule has 35 heavy (non-hydrogen) atoms. The molecule has 0 radical (unpaired) electrons. The molecule has 0 N–H and O–H groups in total. The lowest BCUT2D eigenvalue weighted by molar-refractivity contribution is -0.150. The number of ether oxygens (including phenoxy) is 1. The van der Waals surface area contributed by atoms with Crippen LogP contribution >= 0.6 is 0 Å². The van der Waals surface area contributed by atoms with Gasteiger partial charge in [0.2, 0.25) is 0 Å². The van der Waals surface area contributed by atoms with Crippen molar-refractivity contribution >= 4 is 14.3 Å². The Labute approximate surface area is 217 Å². The molecule has 0 aliphatic rings. The first-order valence-electron chi connectivity index (χ1n) is 13.1. The Hall–Kier alpha value is -1.91. The fourth-order valence-electron chi connectivity index (χ4n) is 2.92. The molecule has 0 rings (SSSR count). The second-order valence-corrected chi connectivity index (χ2v) is 15.8. The highest BCUT2D eigenvalue weighted by Gasteiger charge is 2.38. The summed E-state index contributed by atoms with van der Waals surface area (Å²) in [7, 11) is -0.459. The monoisotopic (exact) mass is 500 g/mol. The maximum Gasteiger partial charge on any atom is 0.311 e. The molecule has 1 unspecified atom stereocenters. The number of rotatable bonds is 16. The maximum absolute atomic E-state index is 11.9. The summed E-state index contributed by atoms with van der Waals surface area (Å²) in [6.45, 7) is 17.3. The highest BCUT2D eigenvalue weighted by atomic mass is 28.4. The minimum atomic E-state index is -1.90. The Bertz CT molecular complexity index is 759. The zero-order valence-corrected chi connectivity index (χ0v) is 25.0. The summed E-state index contributed by atoms with van der Waals surface area (Å²) in [4.78, 5) is 11.9. The van der Waals surface area contributed by atoms with E-state index >= 15 is 0 Å². The number of carbonyl (C=O) groups is 1. The molecule has 0 aromatic carbocycles. The van der Waals surface area contributed by atoms with Gasteiger partial charge in [-0.1, -0.05) is 101 Å². The third-order valence-corrected chi connectivity index (χ3v) is 10.8. The van der Waals surface area contributed by atoms with Gasteiger partial charge in [-0.3, -0.25) is 4.79 Å². The molecule has 0 amide bonds. The first-order valence-corrected chi connectivity index (χ1v) is 16.0. The number of hydrogen-bond donors (Lipinski definition) is 0. The van der Waals surface area contributed by atoms with Crippen LogP contribution in [0, 0.1) is 5.41 Å². The van der Waals surface area contributed by atoms with E-state index in [2.05, 4.69) is 114 Å². The average Bonchev–Trinajstić information content (AvgIpc) is 2.77. The van der Waals surface area contributed by atoms with Crippen LogP contribution in [0.25, 0.3) is 0 Å². The van der Waals surface area contributed by atoms with Gasteiger partial charge < -0.3 is 9.16 Å². The second kappa shape index (κ2) is 17.5. The zero-order valence-electron chi connectivity index (χ0n) is 24.0. The summed E-state index contributed by atoms with van der Waals surface area (Å²) in [5, 5.41) is 0.150. The van der Waals surface area contributed by atoms with Crippen LogP contribution in [0.1, 0.15) is 80.1 Å². The fraction of sp³-hybridized carbons (Fsp3) is 0.581. The largest absolute Gasteiger partial charge is 0.469 e. The lowest BCUT2D eigenvalue weighted by atomic mass is 9.89. The van der Waals surface area contributed by atoms with Crippen LogP contribution in [0.2, 0.25) is 18.1 Å². The van der Waals surface area contributed by atoms with Crippen molar-refractivity contribution in [3.05, 3.63) is 72.9 Å². The Kier molecular flexibility index (Phi) is 16.5. The van der Waals surface area contributed by atoms with E-state index in [9.17, 15) is 4.79 Å². The second-order valence-electron chi connectivity index (χ2n) is 11.0. The number of carbonyl (C=O) groups excluding carboxylic acids is 1. The number of allylic oxidation sites excluding steroid dienone is 10. The summed E-state index contributed by atoms with van der Waals surface area (Å²) in [5.74, 6) is -0.185. The molecule has 0 aliphatic carbocycles. The molecule has 198 valence electrons. The highest BCUT2D eigenvalue weighted by Crippen LogP contribution is 2.37. The quantitative estimate of drug-likeness (QED) is 0.0916. The molecule has 0 saturated carbocycles. The van der Waals surface area contributed by atoms with Crippen molar-refractivity contribution in [1.82, 2.24) is 0 Å². The van der Waals surface area contributed by atoms with Gasteiger partial charge in [0.05, 0.1) is 18.6 Å². The van der Waals surface area contributed by atoms with Crippen molar-refractivity contribution in [3.63, 3.8) is 0 Å². The Morgan fingerprint density at radius 1 is 0.800 bits per heavy atom. The first kappa shape index (κ1) is 33.1. The summed E-state index contributed by atoms with van der Waals surface area (Å²) in [6, 6.07) is 0. The van der Waals surface area contributed by atoms with E-state index in [0.29, 0.717) is 6.42 Å². The van der Waals surface area contributed by atoms with E-state index < -0.39 is 13.7 Å². The molecule has 3 nitrogen and oxygen atoms in total. The summed E-state index contributed by atoms with van der Waals surface area (Å²) in [6.07, 6.45) is 31.4. The SMILES string of the molecule is CC/C=C\C/C=C\C/C=C\C/C=C\C=C\C(C/C=C\CC(C)(C)C(=O)OC)O[Si](C)(C)C(C)(C)C. The molecule has 0 bridgehead atoms. The molecular weight excluding hydrogens is 448 g/mol. The van der Waals surface area contributed by atoms with Crippen LogP contribution in [0.15, 0.2) is 72.9 Å². The molecule has 0 saturated heterocycles. The summed E-state index contributed by atoms with van der Waals surface area (Å²) >= 11 is 0. The van der Waals surface area contributed by atoms with Gasteiger partial charge >= 0.3 is 5.97 Å². The molecule has 1 atom stereocenters. The normalized spacial score (nSPS) is 15.1. The molecule has 0 fully saturated rings. The lowest BCUT2D eigenvalue weighted by Gasteiger charge is -2.38. The predicted molar refractivity (Wildman–Crippen MR) is 156 cm³/mol. The van der Waals surface area contributed by atoms with E-state index in [1.807, 2.05) is 13.8 Å². The molecule has 4 heteroatoms. The van der Waals surface area contributed by atoms with Crippen LogP contribution in [-0.4, -0.2) is 27.5 Å². The van der Waals surface area contributed by atoms with Crippen LogP contribution < -0.4 is 0 Å². The molecule has 0 aromatic rings. The maximum atomic E-state index is 11.9. The standard InChI is InChI=1S/C31H52O3Si/c1-10-11-12-13-14-15-16-17-18-19-20-21-22-25-28(34-35(8,9)30(2,3)4)26-23-24-27-31(5,6)29(32)33-7/h11-12,14-15,17-18,20-25,28H,10,13,16,19,26-27H2,1-9H3/b12-11-,15-14-,18-17-,21-20-,24-23-,25-22+. The van der Waals surface area contributed by atoms with E-state index in [1.165, 1.54) is 7.11 Å². The Morgan fingerprint density at radius 2 is 1.34 bits per heavy atom. The Balaban J connectivity index is 4.88. The van der Waals surface area contributed by atoms with Crippen molar-refractivity contribution in [2.45, 2.75) is 104 Å². The van der Waals surface area contributed by atoms with Crippen molar-refractivity contribution < 1.29 is 14.0 Å². The molecule has 0 spiro atoms. The molecule has 0 aromatic heterocycles. The number of methoxy groups -OCH3 is 1. The molecular formula is C31H52O3Si. The van der Waals surface area contributed by atoms with E-state index in [1.54, 1.807) is 0 Å². The summed E-state index contributed by atoms with van der Waals surface area (Å²) in [5.41, 5.74) is -0.519. The average molecular weight is 501 g/mol. The third-order valence-electron chi connectivity index (χ3n) is 6.28. The van der Waals surface area contributed by atoms with Crippen molar-refractivity contribution in [2.75, 3.05) is 7.11 Å². The molecule has 0 aliphatic heterocycles. The van der Waals surface area contributed by atoms with Crippen molar-refractivity contribution in [2.24, 2.45) is 5.41 Å². The predicted octanol–water partition coefficient (Wildman–Crippen LogP) is 9.27. The number of esters is 1. The third kappa shape index (κ3) is 15.6.